The van der Waals surface area contributed by atoms with Crippen LogP contribution in [-0.2, 0) is 13.6 Å². The molecule has 0 unspecified atom stereocenters. The fraction of sp³-hybridized carbons (Fsp3) is 0.348. The molecule has 10 nitrogen and oxygen atoms in total. The van der Waals surface area contributed by atoms with Crippen LogP contribution in [-0.4, -0.2) is 51.9 Å². The highest BCUT2D eigenvalue weighted by molar-refractivity contribution is 5.86. The smallest absolute Gasteiger partial charge is 0.326 e. The Morgan fingerprint density at radius 1 is 1.15 bits per heavy atom. The van der Waals surface area contributed by atoms with Gasteiger partial charge in [-0.1, -0.05) is 12.1 Å². The molecule has 5 aromatic rings. The van der Waals surface area contributed by atoms with Crippen molar-refractivity contribution in [1.82, 2.24) is 38.9 Å². The Morgan fingerprint density at radius 3 is 2.76 bits per heavy atom. The van der Waals surface area contributed by atoms with Crippen molar-refractivity contribution in [3.05, 3.63) is 53.5 Å². The van der Waals surface area contributed by atoms with Gasteiger partial charge in [-0.15, -0.1) is 0 Å². The molecule has 1 aliphatic heterocycles. The third-order valence-corrected chi connectivity index (χ3v) is 6.61. The third-order valence-electron chi connectivity index (χ3n) is 6.61. The summed E-state index contributed by atoms with van der Waals surface area (Å²) in [6.45, 7) is 4.46. The van der Waals surface area contributed by atoms with Crippen molar-refractivity contribution in [3.63, 3.8) is 0 Å². The molecule has 10 heteroatoms. The first-order valence-electron chi connectivity index (χ1n) is 11.3. The van der Waals surface area contributed by atoms with E-state index in [-0.39, 0.29) is 11.7 Å². The maximum absolute atomic E-state index is 12.6. The predicted octanol–water partition coefficient (Wildman–Crippen LogP) is 2.73. The second-order valence-corrected chi connectivity index (χ2v) is 8.48. The molecule has 168 valence electrons. The molecule has 4 aromatic heterocycles. The largest absolute Gasteiger partial charge is 0.355 e. The maximum atomic E-state index is 12.6. The van der Waals surface area contributed by atoms with Crippen LogP contribution >= 0.6 is 0 Å². The van der Waals surface area contributed by atoms with Crippen LogP contribution in [0, 0.1) is 0 Å². The molecule has 1 aromatic carbocycles. The molecule has 0 atom stereocenters. The lowest BCUT2D eigenvalue weighted by molar-refractivity contribution is 0.395. The average Bonchev–Trinajstić information content (AvgIpc) is 3.54. The Morgan fingerprint density at radius 2 is 1.97 bits per heavy atom. The minimum Gasteiger partial charge on any atom is -0.355 e. The van der Waals surface area contributed by atoms with Crippen LogP contribution in [0.15, 0.2) is 47.8 Å². The first kappa shape index (κ1) is 19.7. The van der Waals surface area contributed by atoms with Gasteiger partial charge in [-0.2, -0.15) is 5.10 Å². The summed E-state index contributed by atoms with van der Waals surface area (Å²) in [5.41, 5.74) is 4.36. The van der Waals surface area contributed by atoms with Gasteiger partial charge in [0, 0.05) is 38.9 Å². The average molecular weight is 444 g/mol. The predicted molar refractivity (Wildman–Crippen MR) is 126 cm³/mol. The second kappa shape index (κ2) is 7.58. The minimum absolute atomic E-state index is 0.0407. The summed E-state index contributed by atoms with van der Waals surface area (Å²) in [7, 11) is 1.97. The normalized spacial score (nSPS) is 15.2. The van der Waals surface area contributed by atoms with E-state index in [9.17, 15) is 4.79 Å². The standard InChI is InChI=1S/C23H25N9O/c1-3-31-13-15(12-26-31)20-28-19-21(29(20)2)24-14-25-22(19)30-10-8-16(9-11-30)32-18-7-5-4-6-17(18)27-23(32)33/h4-7,12-14,16H,3,8-11H2,1-2H3,(H,27,33). The highest BCUT2D eigenvalue weighted by Crippen LogP contribution is 2.31. The number of H-pyrrole nitrogens is 1. The highest BCUT2D eigenvalue weighted by atomic mass is 16.1. The summed E-state index contributed by atoms with van der Waals surface area (Å²) in [6.07, 6.45) is 7.16. The molecule has 0 amide bonds. The van der Waals surface area contributed by atoms with Gasteiger partial charge in [-0.3, -0.25) is 9.25 Å². The molecule has 33 heavy (non-hydrogen) atoms. The first-order valence-corrected chi connectivity index (χ1v) is 11.3. The van der Waals surface area contributed by atoms with Crippen LogP contribution < -0.4 is 10.6 Å². The number of imidazole rings is 2. The van der Waals surface area contributed by atoms with Gasteiger partial charge in [0.15, 0.2) is 17.0 Å². The lowest BCUT2D eigenvalue weighted by atomic mass is 10.0. The number of rotatable bonds is 4. The van der Waals surface area contributed by atoms with Crippen LogP contribution in [0.25, 0.3) is 33.6 Å². The number of aryl methyl sites for hydroxylation is 2. The number of nitrogens with zero attached hydrogens (tertiary/aromatic N) is 8. The zero-order chi connectivity index (χ0) is 22.5. The van der Waals surface area contributed by atoms with Crippen molar-refractivity contribution in [2.75, 3.05) is 18.0 Å². The van der Waals surface area contributed by atoms with E-state index in [2.05, 4.69) is 31.9 Å². The molecule has 1 fully saturated rings. The fourth-order valence-electron chi connectivity index (χ4n) is 4.90. The Hall–Kier alpha value is -3.95. The van der Waals surface area contributed by atoms with E-state index >= 15 is 0 Å². The van der Waals surface area contributed by atoms with Crippen LogP contribution in [0.5, 0.6) is 0 Å². The SMILES string of the molecule is CCn1cc(-c2nc3c(N4CCC(n5c(=O)[nH]c6ccccc65)CC4)ncnc3n2C)cn1. The molecular formula is C23H25N9O. The Bertz CT molecular complexity index is 1510. The topological polar surface area (TPSA) is 102 Å². The number of benzene rings is 1. The maximum Gasteiger partial charge on any atom is 0.326 e. The van der Waals surface area contributed by atoms with E-state index in [1.165, 1.54) is 0 Å². The summed E-state index contributed by atoms with van der Waals surface area (Å²) < 4.78 is 5.79. The molecular weight excluding hydrogens is 418 g/mol. The molecule has 1 N–H and O–H groups in total. The van der Waals surface area contributed by atoms with Crippen molar-refractivity contribution in [1.29, 1.82) is 0 Å². The van der Waals surface area contributed by atoms with Gasteiger partial charge in [0.2, 0.25) is 0 Å². The zero-order valence-corrected chi connectivity index (χ0v) is 18.6. The molecule has 1 saturated heterocycles. The van der Waals surface area contributed by atoms with Gasteiger partial charge in [0.05, 0.1) is 22.8 Å². The van der Waals surface area contributed by atoms with Crippen molar-refractivity contribution in [3.8, 4) is 11.4 Å². The van der Waals surface area contributed by atoms with Crippen LogP contribution in [0.3, 0.4) is 0 Å². The fourth-order valence-corrected chi connectivity index (χ4v) is 4.90. The van der Waals surface area contributed by atoms with E-state index in [1.54, 1.807) is 6.33 Å². The molecule has 0 spiro atoms. The van der Waals surface area contributed by atoms with E-state index in [1.807, 2.05) is 57.5 Å². The monoisotopic (exact) mass is 443 g/mol. The number of aromatic amines is 1. The number of piperidine rings is 1. The summed E-state index contributed by atoms with van der Waals surface area (Å²) in [5.74, 6) is 1.67. The third kappa shape index (κ3) is 3.12. The van der Waals surface area contributed by atoms with E-state index in [0.717, 1.165) is 71.9 Å². The van der Waals surface area contributed by atoms with Crippen molar-refractivity contribution in [2.45, 2.75) is 32.4 Å². The first-order chi connectivity index (χ1) is 16.1. The van der Waals surface area contributed by atoms with E-state index in [0.29, 0.717) is 0 Å². The number of hydrogen-bond donors (Lipinski definition) is 1. The molecule has 0 saturated carbocycles. The van der Waals surface area contributed by atoms with Crippen LogP contribution in [0.1, 0.15) is 25.8 Å². The van der Waals surface area contributed by atoms with Crippen molar-refractivity contribution < 1.29 is 0 Å². The van der Waals surface area contributed by atoms with E-state index < -0.39 is 0 Å². The lowest BCUT2D eigenvalue weighted by Gasteiger charge is -2.33. The lowest BCUT2D eigenvalue weighted by Crippen LogP contribution is -2.37. The second-order valence-electron chi connectivity index (χ2n) is 8.48. The molecule has 0 radical (unpaired) electrons. The highest BCUT2D eigenvalue weighted by Gasteiger charge is 2.26. The summed E-state index contributed by atoms with van der Waals surface area (Å²) in [6, 6.07) is 8.02. The van der Waals surface area contributed by atoms with Crippen LogP contribution in [0.4, 0.5) is 5.82 Å². The van der Waals surface area contributed by atoms with Gasteiger partial charge < -0.3 is 14.5 Å². The number of fused-ring (bicyclic) bond motifs is 2. The number of para-hydroxylation sites is 2. The molecule has 0 aliphatic carbocycles. The number of anilines is 1. The van der Waals surface area contributed by atoms with Crippen molar-refractivity contribution in [2.24, 2.45) is 7.05 Å². The van der Waals surface area contributed by atoms with Gasteiger partial charge in [0.25, 0.3) is 0 Å². The Balaban J connectivity index is 1.31. The van der Waals surface area contributed by atoms with Gasteiger partial charge in [0.1, 0.15) is 12.2 Å². The molecule has 5 heterocycles. The minimum atomic E-state index is -0.0407. The van der Waals surface area contributed by atoms with Gasteiger partial charge in [-0.25, -0.2) is 19.7 Å². The quantitative estimate of drug-likeness (QED) is 0.458. The Kier molecular flexibility index (Phi) is 4.53. The summed E-state index contributed by atoms with van der Waals surface area (Å²) in [5, 5.41) is 4.38. The van der Waals surface area contributed by atoms with Gasteiger partial charge in [-0.05, 0) is 31.9 Å². The molecule has 1 aliphatic rings. The zero-order valence-electron chi connectivity index (χ0n) is 18.6. The van der Waals surface area contributed by atoms with Crippen molar-refractivity contribution >= 4 is 28.0 Å². The van der Waals surface area contributed by atoms with Crippen LogP contribution in [0.2, 0.25) is 0 Å². The molecule has 6 rings (SSSR count). The van der Waals surface area contributed by atoms with E-state index in [4.69, 9.17) is 4.98 Å². The Labute approximate surface area is 189 Å². The number of aromatic nitrogens is 8. The summed E-state index contributed by atoms with van der Waals surface area (Å²) in [4.78, 5) is 31.9. The number of hydrogen-bond acceptors (Lipinski definition) is 6. The molecule has 0 bridgehead atoms. The van der Waals surface area contributed by atoms with Gasteiger partial charge >= 0.3 is 5.69 Å². The summed E-state index contributed by atoms with van der Waals surface area (Å²) >= 11 is 0. The number of nitrogens with one attached hydrogen (secondary N) is 1.